The van der Waals surface area contributed by atoms with E-state index >= 15 is 0 Å². The number of fused-ring (bicyclic) bond motifs is 7. The van der Waals surface area contributed by atoms with E-state index in [4.69, 9.17) is 0 Å². The molecule has 12 aromatic carbocycles. The molecule has 13 aromatic rings. The van der Waals surface area contributed by atoms with Crippen molar-refractivity contribution in [3.05, 3.63) is 290 Å². The molecule has 2 aliphatic rings. The van der Waals surface area contributed by atoms with Crippen LogP contribution in [0.1, 0.15) is 84.4 Å². The molecule has 0 saturated heterocycles. The Bertz CT molecular complexity index is 4610. The van der Waals surface area contributed by atoms with Gasteiger partial charge in [-0.25, -0.2) is 0 Å². The quantitative estimate of drug-likeness (QED) is 0.0892. The molecule has 0 aliphatic carbocycles. The molecule has 3 nitrogen and oxygen atoms in total. The van der Waals surface area contributed by atoms with E-state index in [1.54, 1.807) is 0 Å². The molecule has 15 rings (SSSR count). The normalized spacial score (nSPS) is 12.8. The lowest BCUT2D eigenvalue weighted by Gasteiger charge is -2.46. The second kappa shape index (κ2) is 22.4. The van der Waals surface area contributed by atoms with Gasteiger partial charge in [-0.05, 0) is 145 Å². The zero-order valence-corrected chi connectivity index (χ0v) is 52.2. The van der Waals surface area contributed by atoms with E-state index < -0.39 is 0 Å². The fourth-order valence-corrected chi connectivity index (χ4v) is 14.4. The SMILES string of the molecule is CCCCCc1cc2c3c(c1)N(c1c(-c4ccccc4)cccc1-c1ccccc1)c1cc(-n4c5ccc(C(C)(C)C)cc5c5cc(C(C)(C)C)ccc54)ccc1B3c1cc(-c3ccccc3)ccc1N2c1c(-c2ccccc2)cccc1-c1ccccc1. The van der Waals surface area contributed by atoms with Crippen molar-refractivity contribution in [1.82, 2.24) is 4.57 Å². The third-order valence-corrected chi connectivity index (χ3v) is 18.9. The van der Waals surface area contributed by atoms with Gasteiger partial charge in [0.05, 0.1) is 22.4 Å². The maximum atomic E-state index is 2.72. The Morgan fingerprint density at radius 3 is 1.21 bits per heavy atom. The predicted octanol–water partition coefficient (Wildman–Crippen LogP) is 21.5. The third-order valence-electron chi connectivity index (χ3n) is 18.9. The van der Waals surface area contributed by atoms with Gasteiger partial charge in [-0.3, -0.25) is 0 Å². The Labute approximate surface area is 526 Å². The van der Waals surface area contributed by atoms with Crippen LogP contribution in [0.2, 0.25) is 0 Å². The van der Waals surface area contributed by atoms with Crippen LogP contribution in [0.3, 0.4) is 0 Å². The summed E-state index contributed by atoms with van der Waals surface area (Å²) < 4.78 is 2.56. The lowest BCUT2D eigenvalue weighted by molar-refractivity contribution is 0.590. The van der Waals surface area contributed by atoms with E-state index in [1.807, 2.05) is 0 Å². The number of nitrogens with zero attached hydrogens (tertiary/aromatic N) is 3. The minimum absolute atomic E-state index is 0.0280. The van der Waals surface area contributed by atoms with Crippen molar-refractivity contribution in [2.24, 2.45) is 0 Å². The number of hydrogen-bond acceptors (Lipinski definition) is 2. The molecule has 0 saturated carbocycles. The van der Waals surface area contributed by atoms with E-state index in [-0.39, 0.29) is 17.5 Å². The lowest BCUT2D eigenvalue weighted by atomic mass is 9.33. The van der Waals surface area contributed by atoms with Crippen LogP contribution in [-0.4, -0.2) is 11.3 Å². The summed E-state index contributed by atoms with van der Waals surface area (Å²) in [5.74, 6) is 0. The summed E-state index contributed by atoms with van der Waals surface area (Å²) in [6.07, 6.45) is 4.32. The number of aromatic nitrogens is 1. The molecule has 0 fully saturated rings. The van der Waals surface area contributed by atoms with Gasteiger partial charge in [0, 0.05) is 61.5 Å². The van der Waals surface area contributed by atoms with Crippen LogP contribution in [0, 0.1) is 0 Å². The van der Waals surface area contributed by atoms with Crippen molar-refractivity contribution in [3.63, 3.8) is 0 Å². The molecule has 89 heavy (non-hydrogen) atoms. The highest BCUT2D eigenvalue weighted by molar-refractivity contribution is 7.00. The fourth-order valence-electron chi connectivity index (χ4n) is 14.4. The minimum atomic E-state index is -0.158. The summed E-state index contributed by atoms with van der Waals surface area (Å²) in [6.45, 7) is 16.1. The van der Waals surface area contributed by atoms with Crippen molar-refractivity contribution in [2.75, 3.05) is 9.80 Å². The van der Waals surface area contributed by atoms with Gasteiger partial charge in [0.2, 0.25) is 0 Å². The number of aryl methyl sites for hydroxylation is 1. The zero-order chi connectivity index (χ0) is 60.5. The van der Waals surface area contributed by atoms with Gasteiger partial charge in [-0.1, -0.05) is 280 Å². The summed E-state index contributed by atoms with van der Waals surface area (Å²) in [5, 5.41) is 2.56. The van der Waals surface area contributed by atoms with Gasteiger partial charge in [-0.2, -0.15) is 0 Å². The molecule has 2 aliphatic heterocycles. The molecule has 0 atom stereocenters. The molecular weight excluding hydrogens is 1070 g/mol. The van der Waals surface area contributed by atoms with Crippen LogP contribution in [0.5, 0.6) is 0 Å². The van der Waals surface area contributed by atoms with Gasteiger partial charge >= 0.3 is 0 Å². The molecule has 0 spiro atoms. The maximum Gasteiger partial charge on any atom is 0.252 e. The number of rotatable bonds is 12. The van der Waals surface area contributed by atoms with E-state index in [2.05, 4.69) is 336 Å². The fraction of sp³-hybridized carbons (Fsp3) is 0.153. The van der Waals surface area contributed by atoms with E-state index in [0.29, 0.717) is 0 Å². The average molecular weight is 1150 g/mol. The summed E-state index contributed by atoms with van der Waals surface area (Å²) in [4.78, 5) is 5.40. The van der Waals surface area contributed by atoms with Crippen molar-refractivity contribution in [1.29, 1.82) is 0 Å². The molecule has 1 aromatic heterocycles. The average Bonchev–Trinajstić information content (AvgIpc) is 1.80. The molecule has 432 valence electrons. The van der Waals surface area contributed by atoms with Crippen molar-refractivity contribution < 1.29 is 0 Å². The molecule has 0 N–H and O–H groups in total. The first-order valence-corrected chi connectivity index (χ1v) is 32.1. The first kappa shape index (κ1) is 55.7. The smallest absolute Gasteiger partial charge is 0.252 e. The zero-order valence-electron chi connectivity index (χ0n) is 52.2. The molecular formula is C85H74BN3. The van der Waals surface area contributed by atoms with Crippen LogP contribution < -0.4 is 26.2 Å². The third kappa shape index (κ3) is 9.78. The summed E-state index contributed by atoms with van der Waals surface area (Å²) >= 11 is 0. The van der Waals surface area contributed by atoms with Crippen LogP contribution in [0.25, 0.3) is 83.1 Å². The van der Waals surface area contributed by atoms with Crippen molar-refractivity contribution in [3.8, 4) is 61.3 Å². The number of benzene rings is 12. The largest absolute Gasteiger partial charge is 0.310 e. The Balaban J connectivity index is 1.10. The summed E-state index contributed by atoms with van der Waals surface area (Å²) in [5.41, 5.74) is 30.2. The van der Waals surface area contributed by atoms with Gasteiger partial charge < -0.3 is 14.4 Å². The van der Waals surface area contributed by atoms with Crippen LogP contribution in [-0.2, 0) is 17.3 Å². The Hall–Kier alpha value is -9.90. The van der Waals surface area contributed by atoms with Crippen molar-refractivity contribution in [2.45, 2.75) is 85.0 Å². The van der Waals surface area contributed by atoms with Crippen LogP contribution in [0.4, 0.5) is 34.1 Å². The first-order valence-electron chi connectivity index (χ1n) is 32.1. The predicted molar refractivity (Wildman–Crippen MR) is 383 cm³/mol. The van der Waals surface area contributed by atoms with Crippen LogP contribution in [0.15, 0.2) is 273 Å². The van der Waals surface area contributed by atoms with Gasteiger partial charge in [-0.15, -0.1) is 0 Å². The Morgan fingerprint density at radius 1 is 0.337 bits per heavy atom. The second-order valence-electron chi connectivity index (χ2n) is 26.7. The van der Waals surface area contributed by atoms with E-state index in [1.165, 1.54) is 139 Å². The molecule has 0 amide bonds. The van der Waals surface area contributed by atoms with Crippen molar-refractivity contribution >= 4 is 79.0 Å². The summed E-state index contributed by atoms with van der Waals surface area (Å²) in [7, 11) is 0. The highest BCUT2D eigenvalue weighted by atomic mass is 15.2. The molecule has 0 bridgehead atoms. The molecule has 3 heterocycles. The highest BCUT2D eigenvalue weighted by Gasteiger charge is 2.46. The standard InChI is InChI=1S/C85H74BN3/c1-8-9-15-28-57-51-79-81-80(52-57)89(83-69(61-35-22-13-23-36-61)41-27-42-70(83)62-37-24-14-25-38-62)78-56-66(87-75-49-44-64(84(2,3)4)54-71(75)72-55-65(85(5,6)7)45-50-76(72)87)46-47-73(78)86(81)74-53-63(58-29-16-10-17-30-58)43-48-77(74)88(79)82-67(59-31-18-11-19-32-59)39-26-40-68(82)60-33-20-12-21-34-60/h10-14,16-27,29-56H,8-9,15,28H2,1-7H3. The highest BCUT2D eigenvalue weighted by Crippen LogP contribution is 2.54. The van der Waals surface area contributed by atoms with Crippen LogP contribution >= 0.6 is 0 Å². The maximum absolute atomic E-state index is 2.72. The second-order valence-corrected chi connectivity index (χ2v) is 26.7. The number of hydrogen-bond donors (Lipinski definition) is 0. The molecule has 4 heteroatoms. The van der Waals surface area contributed by atoms with E-state index in [0.717, 1.165) is 37.1 Å². The van der Waals surface area contributed by atoms with Gasteiger partial charge in [0.25, 0.3) is 6.71 Å². The topological polar surface area (TPSA) is 11.4 Å². The van der Waals surface area contributed by atoms with E-state index in [9.17, 15) is 0 Å². The monoisotopic (exact) mass is 1150 g/mol. The minimum Gasteiger partial charge on any atom is -0.310 e. The first-order chi connectivity index (χ1) is 43.4. The number of anilines is 6. The molecule has 0 unspecified atom stereocenters. The van der Waals surface area contributed by atoms with Gasteiger partial charge in [0.15, 0.2) is 0 Å². The number of para-hydroxylation sites is 2. The van der Waals surface area contributed by atoms with Gasteiger partial charge in [0.1, 0.15) is 0 Å². The lowest BCUT2D eigenvalue weighted by Crippen LogP contribution is -2.61. The Kier molecular flexibility index (Phi) is 14.0. The molecule has 0 radical (unpaired) electrons. The summed E-state index contributed by atoms with van der Waals surface area (Å²) in [6, 6.07) is 104. The number of unbranched alkanes of at least 4 members (excludes halogenated alkanes) is 2. The Morgan fingerprint density at radius 2 is 0.775 bits per heavy atom.